The molecule has 5 nitrogen and oxygen atoms in total. The third-order valence-electron chi connectivity index (χ3n) is 3.49. The largest absolute Gasteiger partial charge is 0.361 e. The molecule has 0 saturated carbocycles. The maximum atomic E-state index is 12.5. The van der Waals surface area contributed by atoms with Gasteiger partial charge in [0.05, 0.1) is 5.69 Å². The van der Waals surface area contributed by atoms with Crippen LogP contribution in [0.25, 0.3) is 0 Å². The number of rotatable bonds is 6. The first kappa shape index (κ1) is 16.2. The van der Waals surface area contributed by atoms with Gasteiger partial charge in [0.1, 0.15) is 11.8 Å². The van der Waals surface area contributed by atoms with Crippen LogP contribution in [0.5, 0.6) is 0 Å². The summed E-state index contributed by atoms with van der Waals surface area (Å²) in [4.78, 5) is 12.5. The molecule has 0 aliphatic rings. The minimum Gasteiger partial charge on any atom is -0.361 e. The van der Waals surface area contributed by atoms with Crippen molar-refractivity contribution in [2.24, 2.45) is 0 Å². The maximum absolute atomic E-state index is 12.5. The summed E-state index contributed by atoms with van der Waals surface area (Å²) in [7, 11) is 0. The monoisotopic (exact) mass is 301 g/mol. The molecule has 1 heterocycles. The van der Waals surface area contributed by atoms with E-state index < -0.39 is 6.04 Å². The summed E-state index contributed by atoms with van der Waals surface area (Å²) < 4.78 is 5.17. The number of aromatic nitrogens is 1. The van der Waals surface area contributed by atoms with Gasteiger partial charge >= 0.3 is 0 Å². The fourth-order valence-corrected chi connectivity index (χ4v) is 2.33. The number of hydrogen-bond donors (Lipinski definition) is 2. The molecule has 2 aromatic rings. The van der Waals surface area contributed by atoms with Gasteiger partial charge in [0.25, 0.3) is 0 Å². The second-order valence-corrected chi connectivity index (χ2v) is 5.69. The van der Waals surface area contributed by atoms with Crippen LogP contribution in [0.4, 0.5) is 0 Å². The van der Waals surface area contributed by atoms with Crippen LogP contribution < -0.4 is 10.6 Å². The summed E-state index contributed by atoms with van der Waals surface area (Å²) in [6.07, 6.45) is 0. The Kier molecular flexibility index (Phi) is 5.33. The molecule has 22 heavy (non-hydrogen) atoms. The SMILES string of the molecule is Cc1noc(C)c1CN[C@H](C(=O)NC(C)C)c1ccccc1. The van der Waals surface area contributed by atoms with Gasteiger partial charge < -0.3 is 9.84 Å². The highest BCUT2D eigenvalue weighted by Crippen LogP contribution is 2.17. The number of nitrogens with zero attached hydrogens (tertiary/aromatic N) is 1. The van der Waals surface area contributed by atoms with Crippen molar-refractivity contribution in [1.29, 1.82) is 0 Å². The molecule has 0 saturated heterocycles. The standard InChI is InChI=1S/C17H23N3O2/c1-11(2)19-17(21)16(14-8-6-5-7-9-14)18-10-15-12(3)20-22-13(15)4/h5-9,11,16,18H,10H2,1-4H3,(H,19,21)/t16-/m0/s1. The molecular formula is C17H23N3O2. The van der Waals surface area contributed by atoms with Crippen molar-refractivity contribution in [2.45, 2.75) is 46.3 Å². The zero-order chi connectivity index (χ0) is 16.1. The Bertz CT molecular complexity index is 601. The predicted octanol–water partition coefficient (Wildman–Crippen LogP) is 2.65. The Labute approximate surface area is 131 Å². The molecule has 0 fully saturated rings. The molecule has 0 radical (unpaired) electrons. The van der Waals surface area contributed by atoms with Crippen LogP contribution in [0.15, 0.2) is 34.9 Å². The van der Waals surface area contributed by atoms with E-state index in [0.29, 0.717) is 6.54 Å². The minimum atomic E-state index is -0.405. The van der Waals surface area contributed by atoms with Gasteiger partial charge in [-0.1, -0.05) is 35.5 Å². The van der Waals surface area contributed by atoms with Crippen molar-refractivity contribution in [3.63, 3.8) is 0 Å². The average Bonchev–Trinajstić information content (AvgIpc) is 2.79. The summed E-state index contributed by atoms with van der Waals surface area (Å²) >= 11 is 0. The molecule has 0 aliphatic carbocycles. The number of nitrogens with one attached hydrogen (secondary N) is 2. The number of carbonyl (C=O) groups excluding carboxylic acids is 1. The molecule has 0 aliphatic heterocycles. The molecular weight excluding hydrogens is 278 g/mol. The van der Waals surface area contributed by atoms with Gasteiger partial charge in [-0.3, -0.25) is 10.1 Å². The van der Waals surface area contributed by atoms with E-state index >= 15 is 0 Å². The lowest BCUT2D eigenvalue weighted by atomic mass is 10.0. The highest BCUT2D eigenvalue weighted by atomic mass is 16.5. The second-order valence-electron chi connectivity index (χ2n) is 5.69. The number of hydrogen-bond acceptors (Lipinski definition) is 4. The molecule has 5 heteroatoms. The zero-order valence-electron chi connectivity index (χ0n) is 13.5. The van der Waals surface area contributed by atoms with Gasteiger partial charge in [-0.2, -0.15) is 0 Å². The summed E-state index contributed by atoms with van der Waals surface area (Å²) in [6.45, 7) is 8.22. The number of amides is 1. The molecule has 0 unspecified atom stereocenters. The summed E-state index contributed by atoms with van der Waals surface area (Å²) in [6, 6.07) is 9.40. The first-order valence-corrected chi connectivity index (χ1v) is 7.49. The van der Waals surface area contributed by atoms with Crippen molar-refractivity contribution in [1.82, 2.24) is 15.8 Å². The second kappa shape index (κ2) is 7.22. The Morgan fingerprint density at radius 3 is 2.45 bits per heavy atom. The highest BCUT2D eigenvalue weighted by molar-refractivity contribution is 5.83. The fourth-order valence-electron chi connectivity index (χ4n) is 2.33. The van der Waals surface area contributed by atoms with E-state index in [1.807, 2.05) is 58.0 Å². The quantitative estimate of drug-likeness (QED) is 0.861. The van der Waals surface area contributed by atoms with Crippen LogP contribution >= 0.6 is 0 Å². The Morgan fingerprint density at radius 1 is 1.23 bits per heavy atom. The number of carbonyl (C=O) groups is 1. The number of benzene rings is 1. The number of aryl methyl sites for hydroxylation is 2. The van der Waals surface area contributed by atoms with E-state index in [2.05, 4.69) is 15.8 Å². The fraction of sp³-hybridized carbons (Fsp3) is 0.412. The van der Waals surface area contributed by atoms with Crippen molar-refractivity contribution in [3.05, 3.63) is 52.9 Å². The minimum absolute atomic E-state index is 0.0343. The summed E-state index contributed by atoms with van der Waals surface area (Å²) in [5.74, 6) is 0.744. The van der Waals surface area contributed by atoms with Gasteiger partial charge in [0, 0.05) is 18.2 Å². The van der Waals surface area contributed by atoms with Crippen molar-refractivity contribution in [2.75, 3.05) is 0 Å². The predicted molar refractivity (Wildman–Crippen MR) is 85.3 cm³/mol. The van der Waals surface area contributed by atoms with E-state index in [1.54, 1.807) is 0 Å². The van der Waals surface area contributed by atoms with Gasteiger partial charge in [0.2, 0.25) is 5.91 Å². The molecule has 1 amide bonds. The van der Waals surface area contributed by atoms with Crippen molar-refractivity contribution in [3.8, 4) is 0 Å². The Hall–Kier alpha value is -2.14. The van der Waals surface area contributed by atoms with E-state index in [9.17, 15) is 4.79 Å². The van der Waals surface area contributed by atoms with Crippen LogP contribution in [-0.4, -0.2) is 17.1 Å². The first-order chi connectivity index (χ1) is 10.5. The lowest BCUT2D eigenvalue weighted by molar-refractivity contribution is -0.123. The smallest absolute Gasteiger partial charge is 0.241 e. The Morgan fingerprint density at radius 2 is 1.91 bits per heavy atom. The molecule has 118 valence electrons. The van der Waals surface area contributed by atoms with Crippen LogP contribution in [0, 0.1) is 13.8 Å². The van der Waals surface area contributed by atoms with Gasteiger partial charge in [-0.15, -0.1) is 0 Å². The third kappa shape index (κ3) is 3.95. The molecule has 1 atom stereocenters. The van der Waals surface area contributed by atoms with Crippen LogP contribution in [0.2, 0.25) is 0 Å². The third-order valence-corrected chi connectivity index (χ3v) is 3.49. The van der Waals surface area contributed by atoms with Crippen molar-refractivity contribution < 1.29 is 9.32 Å². The normalized spacial score (nSPS) is 12.4. The molecule has 2 rings (SSSR count). The van der Waals surface area contributed by atoms with Gasteiger partial charge in [-0.25, -0.2) is 0 Å². The van der Waals surface area contributed by atoms with Gasteiger partial charge in [-0.05, 0) is 33.3 Å². The lowest BCUT2D eigenvalue weighted by Gasteiger charge is -2.20. The average molecular weight is 301 g/mol. The van der Waals surface area contributed by atoms with Gasteiger partial charge in [0.15, 0.2) is 0 Å². The first-order valence-electron chi connectivity index (χ1n) is 7.49. The highest BCUT2D eigenvalue weighted by Gasteiger charge is 2.21. The molecule has 2 N–H and O–H groups in total. The van der Waals surface area contributed by atoms with E-state index in [1.165, 1.54) is 0 Å². The van der Waals surface area contributed by atoms with E-state index in [0.717, 1.165) is 22.6 Å². The van der Waals surface area contributed by atoms with Crippen LogP contribution in [0.1, 0.15) is 42.5 Å². The Balaban J connectivity index is 2.16. The van der Waals surface area contributed by atoms with Crippen LogP contribution in [-0.2, 0) is 11.3 Å². The molecule has 0 spiro atoms. The lowest BCUT2D eigenvalue weighted by Crippen LogP contribution is -2.40. The molecule has 0 bridgehead atoms. The maximum Gasteiger partial charge on any atom is 0.241 e. The topological polar surface area (TPSA) is 67.2 Å². The van der Waals surface area contributed by atoms with E-state index in [4.69, 9.17) is 4.52 Å². The van der Waals surface area contributed by atoms with Crippen molar-refractivity contribution >= 4 is 5.91 Å². The summed E-state index contributed by atoms with van der Waals surface area (Å²) in [5, 5.41) is 10.2. The summed E-state index contributed by atoms with van der Waals surface area (Å²) in [5.41, 5.74) is 2.78. The zero-order valence-corrected chi connectivity index (χ0v) is 13.5. The molecule has 1 aromatic heterocycles. The van der Waals surface area contributed by atoms with Crippen LogP contribution in [0.3, 0.4) is 0 Å². The molecule has 1 aromatic carbocycles. The van der Waals surface area contributed by atoms with E-state index in [-0.39, 0.29) is 11.9 Å².